The van der Waals surface area contributed by atoms with Crippen LogP contribution in [0.5, 0.6) is 0 Å². The number of carbonyl (C=O) groups excluding carboxylic acids is 1. The minimum Gasteiger partial charge on any atom is -0.342 e. The van der Waals surface area contributed by atoms with Crippen molar-refractivity contribution in [1.29, 1.82) is 0 Å². The fourth-order valence-electron chi connectivity index (χ4n) is 4.11. The second-order valence-corrected chi connectivity index (χ2v) is 6.66. The van der Waals surface area contributed by atoms with E-state index in [1.54, 1.807) is 0 Å². The van der Waals surface area contributed by atoms with Crippen molar-refractivity contribution < 1.29 is 4.79 Å². The average Bonchev–Trinajstić information content (AvgIpc) is 3.08. The molecule has 0 radical (unpaired) electrons. The normalized spacial score (nSPS) is 28.1. The molecule has 122 valence electrons. The monoisotopic (exact) mass is 322 g/mol. The molecule has 2 fully saturated rings. The first-order valence-corrected chi connectivity index (χ1v) is 8.30. The molecule has 2 aliphatic rings. The van der Waals surface area contributed by atoms with Gasteiger partial charge in [0, 0.05) is 19.1 Å². The molecule has 1 aromatic carbocycles. The molecule has 1 amide bonds. The van der Waals surface area contributed by atoms with Crippen LogP contribution in [0.4, 0.5) is 0 Å². The Bertz CT molecular complexity index is 493. The van der Waals surface area contributed by atoms with Gasteiger partial charge in [0.05, 0.1) is 5.92 Å². The number of likely N-dealkylation sites (tertiary alicyclic amines) is 1. The summed E-state index contributed by atoms with van der Waals surface area (Å²) in [7, 11) is 0. The second-order valence-electron chi connectivity index (χ2n) is 6.66. The van der Waals surface area contributed by atoms with Gasteiger partial charge in [0.2, 0.25) is 5.91 Å². The summed E-state index contributed by atoms with van der Waals surface area (Å²) in [6, 6.07) is 10.5. The van der Waals surface area contributed by atoms with E-state index in [4.69, 9.17) is 5.73 Å². The predicted molar refractivity (Wildman–Crippen MR) is 92.1 cm³/mol. The highest BCUT2D eigenvalue weighted by Crippen LogP contribution is 2.38. The summed E-state index contributed by atoms with van der Waals surface area (Å²) in [5, 5.41) is 0. The third kappa shape index (κ3) is 3.31. The smallest absolute Gasteiger partial charge is 0.230 e. The molecule has 0 spiro atoms. The Morgan fingerprint density at radius 3 is 2.64 bits per heavy atom. The average molecular weight is 323 g/mol. The quantitative estimate of drug-likeness (QED) is 0.925. The van der Waals surface area contributed by atoms with Gasteiger partial charge in [0.15, 0.2) is 0 Å². The molecule has 1 saturated carbocycles. The van der Waals surface area contributed by atoms with Crippen molar-refractivity contribution in [1.82, 2.24) is 4.90 Å². The summed E-state index contributed by atoms with van der Waals surface area (Å²) in [5.41, 5.74) is 7.35. The Labute approximate surface area is 139 Å². The number of amides is 1. The zero-order valence-electron chi connectivity index (χ0n) is 13.3. The third-order valence-corrected chi connectivity index (χ3v) is 5.30. The van der Waals surface area contributed by atoms with Crippen molar-refractivity contribution in [2.75, 3.05) is 13.1 Å². The minimum atomic E-state index is 0. The van der Waals surface area contributed by atoms with E-state index in [1.807, 2.05) is 18.2 Å². The highest BCUT2D eigenvalue weighted by molar-refractivity contribution is 5.85. The molecule has 2 N–H and O–H groups in total. The van der Waals surface area contributed by atoms with Gasteiger partial charge in [0.1, 0.15) is 0 Å². The fourth-order valence-corrected chi connectivity index (χ4v) is 4.11. The summed E-state index contributed by atoms with van der Waals surface area (Å²) in [5.74, 6) is 1.50. The summed E-state index contributed by atoms with van der Waals surface area (Å²) in [6.45, 7) is 3.94. The van der Waals surface area contributed by atoms with Crippen LogP contribution < -0.4 is 5.73 Å². The Morgan fingerprint density at radius 1 is 1.27 bits per heavy atom. The molecule has 0 bridgehead atoms. The lowest BCUT2D eigenvalue weighted by Crippen LogP contribution is -2.36. The van der Waals surface area contributed by atoms with Crippen LogP contribution in [0.3, 0.4) is 0 Å². The van der Waals surface area contributed by atoms with Crippen molar-refractivity contribution in [3.63, 3.8) is 0 Å². The molecule has 1 heterocycles. The molecular weight excluding hydrogens is 296 g/mol. The van der Waals surface area contributed by atoms with Crippen molar-refractivity contribution in [2.24, 2.45) is 17.6 Å². The van der Waals surface area contributed by atoms with Crippen LogP contribution in [0.2, 0.25) is 0 Å². The first kappa shape index (κ1) is 17.3. The van der Waals surface area contributed by atoms with E-state index < -0.39 is 0 Å². The zero-order valence-corrected chi connectivity index (χ0v) is 14.1. The Morgan fingerprint density at radius 2 is 2.00 bits per heavy atom. The van der Waals surface area contributed by atoms with Gasteiger partial charge in [-0.05, 0) is 36.7 Å². The van der Waals surface area contributed by atoms with E-state index in [0.717, 1.165) is 37.9 Å². The standard InChI is InChI=1S/C18H26N2O.ClH/c1-2-6-15(13-7-4-3-5-8-13)18(21)20-11-14-9-10-17(19)16(14)12-20;/h3-5,7-8,14-17H,2,6,9-12,19H2,1H3;1H. The van der Waals surface area contributed by atoms with Crippen LogP contribution in [0.1, 0.15) is 44.1 Å². The van der Waals surface area contributed by atoms with Gasteiger partial charge in [-0.1, -0.05) is 43.7 Å². The van der Waals surface area contributed by atoms with E-state index in [-0.39, 0.29) is 18.3 Å². The highest BCUT2D eigenvalue weighted by Gasteiger charge is 2.43. The van der Waals surface area contributed by atoms with Gasteiger partial charge in [-0.2, -0.15) is 0 Å². The van der Waals surface area contributed by atoms with Crippen LogP contribution in [-0.2, 0) is 4.79 Å². The number of carbonyl (C=O) groups is 1. The molecule has 4 unspecified atom stereocenters. The van der Waals surface area contributed by atoms with Gasteiger partial charge < -0.3 is 10.6 Å². The zero-order chi connectivity index (χ0) is 14.8. The lowest BCUT2D eigenvalue weighted by atomic mass is 9.93. The first-order chi connectivity index (χ1) is 10.2. The molecule has 4 heteroatoms. The van der Waals surface area contributed by atoms with Crippen molar-refractivity contribution in [2.45, 2.75) is 44.6 Å². The molecule has 3 nitrogen and oxygen atoms in total. The van der Waals surface area contributed by atoms with Crippen molar-refractivity contribution in [3.05, 3.63) is 35.9 Å². The van der Waals surface area contributed by atoms with Gasteiger partial charge in [-0.15, -0.1) is 12.4 Å². The van der Waals surface area contributed by atoms with Gasteiger partial charge in [0.25, 0.3) is 0 Å². The number of hydrogen-bond acceptors (Lipinski definition) is 2. The highest BCUT2D eigenvalue weighted by atomic mass is 35.5. The van der Waals surface area contributed by atoms with E-state index in [9.17, 15) is 4.79 Å². The second kappa shape index (κ2) is 7.47. The third-order valence-electron chi connectivity index (χ3n) is 5.30. The molecule has 0 aromatic heterocycles. The Balaban J connectivity index is 0.00000176. The molecule has 1 aromatic rings. The lowest BCUT2D eigenvalue weighted by Gasteiger charge is -2.25. The van der Waals surface area contributed by atoms with E-state index in [2.05, 4.69) is 24.0 Å². The van der Waals surface area contributed by atoms with Gasteiger partial charge >= 0.3 is 0 Å². The summed E-state index contributed by atoms with van der Waals surface area (Å²) < 4.78 is 0. The molecule has 1 saturated heterocycles. The number of nitrogens with two attached hydrogens (primary N) is 1. The lowest BCUT2D eigenvalue weighted by molar-refractivity contribution is -0.132. The van der Waals surface area contributed by atoms with Crippen molar-refractivity contribution >= 4 is 18.3 Å². The van der Waals surface area contributed by atoms with Crippen LogP contribution >= 0.6 is 12.4 Å². The molecule has 22 heavy (non-hydrogen) atoms. The van der Waals surface area contributed by atoms with Crippen LogP contribution in [-0.4, -0.2) is 29.9 Å². The maximum Gasteiger partial charge on any atom is 0.230 e. The van der Waals surface area contributed by atoms with E-state index >= 15 is 0 Å². The van der Waals surface area contributed by atoms with Crippen LogP contribution in [0, 0.1) is 11.8 Å². The molecule has 1 aliphatic carbocycles. The molecule has 4 atom stereocenters. The van der Waals surface area contributed by atoms with E-state index in [0.29, 0.717) is 23.8 Å². The Kier molecular flexibility index (Phi) is 5.87. The topological polar surface area (TPSA) is 46.3 Å². The number of benzene rings is 1. The van der Waals surface area contributed by atoms with Gasteiger partial charge in [-0.25, -0.2) is 0 Å². The summed E-state index contributed by atoms with van der Waals surface area (Å²) in [6.07, 6.45) is 4.29. The SMILES string of the molecule is CCCC(C(=O)N1CC2CCC(N)C2C1)c1ccccc1.Cl. The minimum absolute atomic E-state index is 0. The molecule has 3 rings (SSSR count). The number of hydrogen-bond donors (Lipinski definition) is 1. The molecule has 1 aliphatic heterocycles. The first-order valence-electron chi connectivity index (χ1n) is 8.30. The van der Waals surface area contributed by atoms with Crippen molar-refractivity contribution in [3.8, 4) is 0 Å². The van der Waals surface area contributed by atoms with Crippen LogP contribution in [0.15, 0.2) is 30.3 Å². The predicted octanol–water partition coefficient (Wildman–Crippen LogP) is 3.19. The van der Waals surface area contributed by atoms with Gasteiger partial charge in [-0.3, -0.25) is 4.79 Å². The maximum atomic E-state index is 13.0. The van der Waals surface area contributed by atoms with E-state index in [1.165, 1.54) is 6.42 Å². The fraction of sp³-hybridized carbons (Fsp3) is 0.611. The number of rotatable bonds is 4. The number of halogens is 1. The molecular formula is C18H27ClN2O. The summed E-state index contributed by atoms with van der Waals surface area (Å²) in [4.78, 5) is 15.0. The largest absolute Gasteiger partial charge is 0.342 e. The number of fused-ring (bicyclic) bond motifs is 1. The Hall–Kier alpha value is -1.06. The van der Waals surface area contributed by atoms with Crippen LogP contribution in [0.25, 0.3) is 0 Å². The summed E-state index contributed by atoms with van der Waals surface area (Å²) >= 11 is 0. The number of nitrogens with zero attached hydrogens (tertiary/aromatic N) is 1. The maximum absolute atomic E-state index is 13.0.